The van der Waals surface area contributed by atoms with Crippen molar-refractivity contribution in [3.05, 3.63) is 59.7 Å². The highest BCUT2D eigenvalue weighted by Crippen LogP contribution is 2.21. The lowest BCUT2D eigenvalue weighted by atomic mass is 10.1. The van der Waals surface area contributed by atoms with Gasteiger partial charge in [0.2, 0.25) is 0 Å². The molecule has 3 N–H and O–H groups in total. The summed E-state index contributed by atoms with van der Waals surface area (Å²) in [6, 6.07) is 14.9. The van der Waals surface area contributed by atoms with Gasteiger partial charge in [-0.2, -0.15) is 0 Å². The molecule has 0 bridgehead atoms. The maximum atomic E-state index is 8.78. The molecule has 0 unspecified atom stereocenters. The number of nitrogens with two attached hydrogens (primary N) is 1. The minimum absolute atomic E-state index is 0.00316. The fourth-order valence-corrected chi connectivity index (χ4v) is 1.78. The van der Waals surface area contributed by atoms with E-state index in [1.165, 1.54) is 7.11 Å². The van der Waals surface area contributed by atoms with Gasteiger partial charge < -0.3 is 20.4 Å². The normalized spacial score (nSPS) is 11.2. The number of amidine groups is 1. The highest BCUT2D eigenvalue weighted by atomic mass is 16.5. The summed E-state index contributed by atoms with van der Waals surface area (Å²) in [6.45, 7) is 0.389. The number of para-hydroxylation sites is 1. The van der Waals surface area contributed by atoms with Crippen molar-refractivity contribution in [2.24, 2.45) is 10.9 Å². The Morgan fingerprint density at radius 1 is 1.20 bits per heavy atom. The molecular formula is C15H16N2O3. The molecule has 104 valence electrons. The number of methoxy groups -OCH3 is 1. The Bertz CT molecular complexity index is 597. The third-order valence-corrected chi connectivity index (χ3v) is 2.80. The Balaban J connectivity index is 2.17. The fourth-order valence-electron chi connectivity index (χ4n) is 1.78. The van der Waals surface area contributed by atoms with Crippen LogP contribution < -0.4 is 15.2 Å². The van der Waals surface area contributed by atoms with Crippen LogP contribution in [-0.2, 0) is 6.61 Å². The summed E-state index contributed by atoms with van der Waals surface area (Å²) in [5.41, 5.74) is 7.06. The molecule has 0 heterocycles. The quantitative estimate of drug-likeness (QED) is 0.379. The van der Waals surface area contributed by atoms with Crippen molar-refractivity contribution < 1.29 is 14.7 Å². The molecular weight excluding hydrogens is 256 g/mol. The minimum atomic E-state index is 0.00316. The zero-order valence-corrected chi connectivity index (χ0v) is 11.1. The standard InChI is InChI=1S/C15H16N2O3/c1-19-14-8-7-11(9-13(14)15(16)17-18)10-20-12-5-3-2-4-6-12/h2-9,18H,10H2,1H3,(H2,16,17). The third-order valence-electron chi connectivity index (χ3n) is 2.80. The summed E-state index contributed by atoms with van der Waals surface area (Å²) < 4.78 is 10.8. The Morgan fingerprint density at radius 2 is 1.95 bits per heavy atom. The Morgan fingerprint density at radius 3 is 2.60 bits per heavy atom. The van der Waals surface area contributed by atoms with Gasteiger partial charge in [-0.1, -0.05) is 29.4 Å². The van der Waals surface area contributed by atoms with Crippen LogP contribution in [0.1, 0.15) is 11.1 Å². The van der Waals surface area contributed by atoms with Crippen LogP contribution in [0.3, 0.4) is 0 Å². The summed E-state index contributed by atoms with van der Waals surface area (Å²) in [5, 5.41) is 11.8. The molecule has 0 aliphatic heterocycles. The molecule has 0 aliphatic rings. The molecule has 0 saturated carbocycles. The van der Waals surface area contributed by atoms with Gasteiger partial charge in [0.1, 0.15) is 18.1 Å². The summed E-state index contributed by atoms with van der Waals surface area (Å²) >= 11 is 0. The number of ether oxygens (including phenoxy) is 2. The monoisotopic (exact) mass is 272 g/mol. The Kier molecular flexibility index (Phi) is 4.44. The summed E-state index contributed by atoms with van der Waals surface area (Å²) in [5.74, 6) is 1.33. The van der Waals surface area contributed by atoms with Crippen LogP contribution in [0.5, 0.6) is 11.5 Å². The topological polar surface area (TPSA) is 77.1 Å². The molecule has 0 aliphatic carbocycles. The molecule has 0 amide bonds. The van der Waals surface area contributed by atoms with Gasteiger partial charge in [0.05, 0.1) is 12.7 Å². The van der Waals surface area contributed by atoms with Gasteiger partial charge in [-0.15, -0.1) is 0 Å². The number of oxime groups is 1. The highest BCUT2D eigenvalue weighted by Gasteiger charge is 2.09. The maximum Gasteiger partial charge on any atom is 0.173 e. The van der Waals surface area contributed by atoms with Crippen LogP contribution in [0.15, 0.2) is 53.7 Å². The van der Waals surface area contributed by atoms with Crippen LogP contribution in [-0.4, -0.2) is 18.2 Å². The summed E-state index contributed by atoms with van der Waals surface area (Å²) in [4.78, 5) is 0. The van der Waals surface area contributed by atoms with E-state index in [9.17, 15) is 0 Å². The molecule has 2 rings (SSSR count). The first-order valence-electron chi connectivity index (χ1n) is 6.07. The van der Waals surface area contributed by atoms with Gasteiger partial charge in [-0.05, 0) is 29.8 Å². The molecule has 0 aromatic heterocycles. The molecule has 0 spiro atoms. The maximum absolute atomic E-state index is 8.78. The van der Waals surface area contributed by atoms with Gasteiger partial charge >= 0.3 is 0 Å². The molecule has 0 fully saturated rings. The van der Waals surface area contributed by atoms with E-state index in [-0.39, 0.29) is 5.84 Å². The van der Waals surface area contributed by atoms with Crippen molar-refractivity contribution in [3.8, 4) is 11.5 Å². The number of benzene rings is 2. The van der Waals surface area contributed by atoms with Crippen molar-refractivity contribution in [2.75, 3.05) is 7.11 Å². The zero-order chi connectivity index (χ0) is 14.4. The van der Waals surface area contributed by atoms with E-state index in [0.29, 0.717) is 17.9 Å². The Hall–Kier alpha value is -2.69. The lowest BCUT2D eigenvalue weighted by Gasteiger charge is -2.10. The van der Waals surface area contributed by atoms with Crippen molar-refractivity contribution >= 4 is 5.84 Å². The molecule has 5 heteroatoms. The number of nitrogens with zero attached hydrogens (tertiary/aromatic N) is 1. The zero-order valence-electron chi connectivity index (χ0n) is 11.1. The molecule has 20 heavy (non-hydrogen) atoms. The molecule has 5 nitrogen and oxygen atoms in total. The number of hydrogen-bond acceptors (Lipinski definition) is 4. The predicted octanol–water partition coefficient (Wildman–Crippen LogP) is 2.37. The number of rotatable bonds is 5. The van der Waals surface area contributed by atoms with Gasteiger partial charge in [0.25, 0.3) is 0 Å². The smallest absolute Gasteiger partial charge is 0.173 e. The average Bonchev–Trinajstić information content (AvgIpc) is 2.52. The second-order valence-electron chi connectivity index (χ2n) is 4.12. The van der Waals surface area contributed by atoms with Crippen LogP contribution in [0.4, 0.5) is 0 Å². The molecule has 0 saturated heterocycles. The Labute approximate surface area is 117 Å². The van der Waals surface area contributed by atoms with Crippen LogP contribution >= 0.6 is 0 Å². The third kappa shape index (κ3) is 3.20. The first-order valence-corrected chi connectivity index (χ1v) is 6.07. The van der Waals surface area contributed by atoms with Crippen LogP contribution in [0.2, 0.25) is 0 Å². The molecule has 2 aromatic carbocycles. The van der Waals surface area contributed by atoms with Crippen molar-refractivity contribution in [2.45, 2.75) is 6.61 Å². The SMILES string of the molecule is COc1ccc(COc2ccccc2)cc1C(N)=NO. The van der Waals surface area contributed by atoms with Crippen molar-refractivity contribution in [1.82, 2.24) is 0 Å². The first-order chi connectivity index (χ1) is 9.74. The first kappa shape index (κ1) is 13.7. The van der Waals surface area contributed by atoms with Gasteiger partial charge in [-0.3, -0.25) is 0 Å². The largest absolute Gasteiger partial charge is 0.496 e. The molecule has 0 atom stereocenters. The lowest BCUT2D eigenvalue weighted by molar-refractivity contribution is 0.305. The van der Waals surface area contributed by atoms with E-state index in [1.807, 2.05) is 36.4 Å². The van der Waals surface area contributed by atoms with Gasteiger partial charge in [0, 0.05) is 0 Å². The fraction of sp³-hybridized carbons (Fsp3) is 0.133. The summed E-state index contributed by atoms with van der Waals surface area (Å²) in [7, 11) is 1.53. The average molecular weight is 272 g/mol. The second-order valence-corrected chi connectivity index (χ2v) is 4.12. The molecule has 2 aromatic rings. The van der Waals surface area contributed by atoms with Crippen molar-refractivity contribution in [3.63, 3.8) is 0 Å². The van der Waals surface area contributed by atoms with E-state index >= 15 is 0 Å². The predicted molar refractivity (Wildman–Crippen MR) is 76.3 cm³/mol. The van der Waals surface area contributed by atoms with Crippen LogP contribution in [0, 0.1) is 0 Å². The number of hydrogen-bond donors (Lipinski definition) is 2. The van der Waals surface area contributed by atoms with E-state index in [4.69, 9.17) is 20.4 Å². The summed E-state index contributed by atoms with van der Waals surface area (Å²) in [6.07, 6.45) is 0. The highest BCUT2D eigenvalue weighted by molar-refractivity contribution is 5.99. The van der Waals surface area contributed by atoms with Crippen LogP contribution in [0.25, 0.3) is 0 Å². The molecule has 0 radical (unpaired) electrons. The van der Waals surface area contributed by atoms with Gasteiger partial charge in [-0.25, -0.2) is 0 Å². The van der Waals surface area contributed by atoms with Gasteiger partial charge in [0.15, 0.2) is 5.84 Å². The lowest BCUT2D eigenvalue weighted by Crippen LogP contribution is -2.15. The van der Waals surface area contributed by atoms with E-state index < -0.39 is 0 Å². The van der Waals surface area contributed by atoms with E-state index in [2.05, 4.69) is 5.16 Å². The van der Waals surface area contributed by atoms with Crippen molar-refractivity contribution in [1.29, 1.82) is 0 Å². The van der Waals surface area contributed by atoms with E-state index in [1.54, 1.807) is 12.1 Å². The minimum Gasteiger partial charge on any atom is -0.496 e. The van der Waals surface area contributed by atoms with E-state index in [0.717, 1.165) is 11.3 Å². The second kappa shape index (κ2) is 6.47.